The van der Waals surface area contributed by atoms with Gasteiger partial charge in [-0.15, -0.1) is 22.7 Å². The number of hydrogen-bond acceptors (Lipinski definition) is 19. The summed E-state index contributed by atoms with van der Waals surface area (Å²) in [6.07, 6.45) is 7.63. The number of carbonyl (C=O) groups excluding carboxylic acids is 2. The first-order valence-corrected chi connectivity index (χ1v) is 26.3. The predicted molar refractivity (Wildman–Crippen MR) is 271 cm³/mol. The number of fused-ring (bicyclic) bond motifs is 1. The fourth-order valence-corrected chi connectivity index (χ4v) is 12.3. The molecule has 2 saturated heterocycles. The second kappa shape index (κ2) is 21.2. The number of likely N-dealkylation sites (tertiary alicyclic amines) is 1. The van der Waals surface area contributed by atoms with E-state index in [4.69, 9.17) is 25.0 Å². The highest BCUT2D eigenvalue weighted by Gasteiger charge is 2.45. The van der Waals surface area contributed by atoms with Crippen LogP contribution in [-0.4, -0.2) is 125 Å². The predicted octanol–water partition coefficient (Wildman–Crippen LogP) is 6.65. The molecule has 0 unspecified atom stereocenters. The number of aromatic hydroxyl groups is 1. The second-order valence-corrected chi connectivity index (χ2v) is 21.5. The van der Waals surface area contributed by atoms with Crippen molar-refractivity contribution in [1.82, 2.24) is 40.2 Å². The first-order valence-electron chi connectivity index (χ1n) is 24.6. The summed E-state index contributed by atoms with van der Waals surface area (Å²) in [5, 5.41) is 47.9. The van der Waals surface area contributed by atoms with Crippen LogP contribution < -0.4 is 16.0 Å². The normalized spacial score (nSPS) is 22.4. The quantitative estimate of drug-likeness (QED) is 0.0632. The number of aliphatic hydroxyl groups is 1. The number of nitrogen functional groups attached to an aromatic ring is 1. The van der Waals surface area contributed by atoms with E-state index in [1.807, 2.05) is 33.8 Å². The molecular formula is C50H61N14O6S2+. The van der Waals surface area contributed by atoms with E-state index in [9.17, 15) is 25.1 Å². The number of thiophene rings is 1. The van der Waals surface area contributed by atoms with Gasteiger partial charge in [-0.2, -0.15) is 10.2 Å². The maximum absolute atomic E-state index is 14.2. The van der Waals surface area contributed by atoms with Crippen LogP contribution >= 0.6 is 22.7 Å². The Labute approximate surface area is 425 Å². The lowest BCUT2D eigenvalue weighted by Crippen LogP contribution is -2.50. The molecule has 0 bridgehead atoms. The monoisotopic (exact) mass is 1020 g/mol. The van der Waals surface area contributed by atoms with Gasteiger partial charge in [0.2, 0.25) is 29.8 Å². The molecule has 4 aliphatic rings. The number of phenols is 1. The maximum atomic E-state index is 14.2. The molecule has 1 aromatic carbocycles. The molecular weight excluding hydrogens is 957 g/mol. The van der Waals surface area contributed by atoms with Gasteiger partial charge in [0.25, 0.3) is 5.91 Å². The van der Waals surface area contributed by atoms with Crippen molar-refractivity contribution < 1.29 is 33.7 Å². The van der Waals surface area contributed by atoms with Gasteiger partial charge < -0.3 is 45.2 Å². The van der Waals surface area contributed by atoms with Gasteiger partial charge in [-0.25, -0.2) is 15.0 Å². The summed E-state index contributed by atoms with van der Waals surface area (Å²) >= 11 is 2.96. The highest BCUT2D eigenvalue weighted by molar-refractivity contribution is 7.16. The van der Waals surface area contributed by atoms with Crippen LogP contribution in [-0.2, 0) is 26.2 Å². The van der Waals surface area contributed by atoms with Gasteiger partial charge in [0.1, 0.15) is 38.9 Å². The van der Waals surface area contributed by atoms with Crippen molar-refractivity contribution in [3.05, 3.63) is 81.2 Å². The van der Waals surface area contributed by atoms with Crippen molar-refractivity contribution in [1.29, 1.82) is 5.26 Å². The van der Waals surface area contributed by atoms with Crippen molar-refractivity contribution in [2.45, 2.75) is 116 Å². The van der Waals surface area contributed by atoms with Crippen LogP contribution in [0.4, 0.5) is 10.9 Å². The molecule has 0 saturated carbocycles. The smallest absolute Gasteiger partial charge is 0.398 e. The van der Waals surface area contributed by atoms with Gasteiger partial charge in [-0.05, 0) is 97.0 Å². The van der Waals surface area contributed by atoms with Gasteiger partial charge in [-0.1, -0.05) is 35.8 Å². The molecule has 0 spiro atoms. The zero-order valence-electron chi connectivity index (χ0n) is 41.4. The van der Waals surface area contributed by atoms with E-state index in [0.29, 0.717) is 46.1 Å². The third kappa shape index (κ3) is 10.2. The Morgan fingerprint density at radius 1 is 1.14 bits per heavy atom. The van der Waals surface area contributed by atoms with E-state index in [0.717, 1.165) is 91.3 Å². The van der Waals surface area contributed by atoms with Crippen molar-refractivity contribution in [2.24, 2.45) is 16.3 Å². The van der Waals surface area contributed by atoms with E-state index < -0.39 is 35.4 Å². The fourth-order valence-electron chi connectivity index (χ4n) is 10.3. The minimum absolute atomic E-state index is 0.0222. The van der Waals surface area contributed by atoms with Crippen LogP contribution in [0.5, 0.6) is 5.75 Å². The number of thiazole rings is 1. The summed E-state index contributed by atoms with van der Waals surface area (Å²) in [6.45, 7) is 15.4. The number of hydrogen-bond donors (Lipinski definition) is 4. The molecule has 9 rings (SSSR count). The molecule has 5 N–H and O–H groups in total. The molecule has 2 amide bonds. The summed E-state index contributed by atoms with van der Waals surface area (Å²) in [5.41, 5.74) is 11.9. The Balaban J connectivity index is 0.763. The minimum atomic E-state index is -0.940. The van der Waals surface area contributed by atoms with Crippen LogP contribution in [0.15, 0.2) is 62.9 Å². The maximum Gasteiger partial charge on any atom is 0.398 e. The van der Waals surface area contributed by atoms with Gasteiger partial charge in [0.15, 0.2) is 5.71 Å². The first kappa shape index (κ1) is 50.3. The number of aliphatic hydroxyl groups excluding tert-OH is 1. The summed E-state index contributed by atoms with van der Waals surface area (Å²) in [5.74, 6) is 0.555. The summed E-state index contributed by atoms with van der Waals surface area (Å²) in [6, 6.07) is 8.02. The summed E-state index contributed by atoms with van der Waals surface area (Å²) < 4.78 is 13.3. The Kier molecular flexibility index (Phi) is 14.8. The highest BCUT2D eigenvalue weighted by Crippen LogP contribution is 2.48. The number of nitrogens with two attached hydrogens (primary N) is 1. The molecule has 4 aromatic heterocycles. The average Bonchev–Trinajstić information content (AvgIpc) is 4.21. The van der Waals surface area contributed by atoms with Gasteiger partial charge in [-0.3, -0.25) is 9.59 Å². The number of nitrogens with zero attached hydrogens (tertiary/aromatic N) is 12. The topological polar surface area (TPSA) is 261 Å². The van der Waals surface area contributed by atoms with Gasteiger partial charge in [0, 0.05) is 60.2 Å². The average molecular weight is 1020 g/mol. The van der Waals surface area contributed by atoms with Crippen molar-refractivity contribution >= 4 is 51.1 Å². The van der Waals surface area contributed by atoms with E-state index in [1.54, 1.807) is 43.0 Å². The Morgan fingerprint density at radius 2 is 1.97 bits per heavy atom. The van der Waals surface area contributed by atoms with E-state index in [2.05, 4.69) is 53.6 Å². The molecule has 5 atom stereocenters. The molecule has 22 heteroatoms. The molecule has 378 valence electrons. The molecule has 2 fully saturated rings. The molecule has 1 aliphatic carbocycles. The number of nitrogens with one attached hydrogen (secondary N) is 1. The van der Waals surface area contributed by atoms with Crippen molar-refractivity contribution in [3.63, 3.8) is 0 Å². The molecule has 5 aromatic rings. The van der Waals surface area contributed by atoms with Crippen LogP contribution in [0, 0.1) is 24.2 Å². The number of anilines is 2. The zero-order valence-corrected chi connectivity index (χ0v) is 43.0. The number of carbonyl (C=O) groups is 2. The minimum Gasteiger partial charge on any atom is -0.508 e. The van der Waals surface area contributed by atoms with Crippen LogP contribution in [0.25, 0.3) is 22.0 Å². The third-order valence-corrected chi connectivity index (χ3v) is 16.1. The lowest BCUT2D eigenvalue weighted by Gasteiger charge is -2.30. The lowest BCUT2D eigenvalue weighted by molar-refractivity contribution is -0.466. The number of amides is 2. The number of ether oxygens (including phenoxy) is 1. The summed E-state index contributed by atoms with van der Waals surface area (Å²) in [7, 11) is 0. The number of benzene rings is 1. The number of unbranched alkanes of at least 4 members (excludes halogenated alkanes) is 1. The van der Waals surface area contributed by atoms with Crippen LogP contribution in [0.1, 0.15) is 112 Å². The number of nitriles is 1. The number of phenolic OH excluding ortho intramolecular Hbond substituents is 1. The number of aryl methyl sites for hydroxylation is 2. The Morgan fingerprint density at radius 3 is 2.74 bits per heavy atom. The standard InChI is InChI=1S/C50H60N14O6S2/c1-28(2)42(47(68)63-25-33(65)22-37(63)46(67)55-30(4)34-13-12-32(21-38(34)66)43-31(5)54-27-71-43)64-26-40(58-60-64)69-20-8-7-17-61-18-10-19-62(29(3)24-61)49-53-16-14-36(56-49)45-57-48(70-59-45)50(6)15-9-11-39-41(50)35(23-51)44(52)72-39/h12-14,16,21,26-30,33,37,65H,7-11,15,17-20,22,24-25,52H2,1-6H3,(H-,55,66,67)/p+1/b64-42+/t29-,30-,33+,37-,50-/m0/s1. The van der Waals surface area contributed by atoms with Gasteiger partial charge in [0.05, 0.1) is 45.8 Å². The lowest BCUT2D eigenvalue weighted by atomic mass is 9.72. The fraction of sp³-hybridized carbons (Fsp3) is 0.500. The van der Waals surface area contributed by atoms with E-state index in [-0.39, 0.29) is 42.3 Å². The number of β-amino-alcohol motifs (C(OH)–C–C–N with tert-alkyl or cyclic N) is 1. The largest absolute Gasteiger partial charge is 0.508 e. The van der Waals surface area contributed by atoms with E-state index in [1.165, 1.54) is 32.3 Å². The van der Waals surface area contributed by atoms with Gasteiger partial charge >= 0.3 is 5.88 Å². The van der Waals surface area contributed by atoms with E-state index >= 15 is 0 Å². The summed E-state index contributed by atoms with van der Waals surface area (Å²) in [4.78, 5) is 54.8. The third-order valence-electron chi connectivity index (χ3n) is 14.0. The van der Waals surface area contributed by atoms with Crippen molar-refractivity contribution in [3.8, 4) is 33.8 Å². The molecule has 0 radical (unpaired) electrons. The van der Waals surface area contributed by atoms with Crippen LogP contribution in [0.3, 0.4) is 0 Å². The highest BCUT2D eigenvalue weighted by atomic mass is 32.1. The second-order valence-electron chi connectivity index (χ2n) is 19.5. The van der Waals surface area contributed by atoms with Crippen molar-refractivity contribution in [2.75, 3.05) is 50.0 Å². The molecule has 20 nitrogen and oxygen atoms in total. The molecule has 3 aliphatic heterocycles. The number of rotatable bonds is 15. The molecule has 7 heterocycles. The SMILES string of the molecule is Cc1ncsc1-c1ccc([C@H](C)NC(=O)[C@@H]2C[C@@H](O)CN2C(=O)/C(C(C)C)=[N+]2\C=C(OCCCCN3CCCN(c4nccc(-c5noc([C@@]6(C)CCCc7sc(N)c(C#N)c76)n5)n4)[C@@H](C)C3)N=N2)c(O)c1. The first-order chi connectivity index (χ1) is 34.6. The van der Waals surface area contributed by atoms with Crippen LogP contribution in [0.2, 0.25) is 0 Å². The molecule has 72 heavy (non-hydrogen) atoms. The Bertz CT molecular complexity index is 2970. The Hall–Kier alpha value is -6.67. The zero-order chi connectivity index (χ0) is 50.8. The number of aromatic nitrogens is 5.